The van der Waals surface area contributed by atoms with E-state index < -0.39 is 9.84 Å². The van der Waals surface area contributed by atoms with Gasteiger partial charge in [-0.2, -0.15) is 5.10 Å². The number of nitrogens with one attached hydrogen (secondary N) is 2. The number of pyridine rings is 1. The Morgan fingerprint density at radius 1 is 1.30 bits per heavy atom. The fourth-order valence-corrected chi connectivity index (χ4v) is 4.67. The second-order valence-electron chi connectivity index (χ2n) is 7.73. The number of aryl methyl sites for hydroxylation is 1. The third-order valence-electron chi connectivity index (χ3n) is 5.26. The van der Waals surface area contributed by atoms with Crippen LogP contribution in [0.5, 0.6) is 0 Å². The highest BCUT2D eigenvalue weighted by Crippen LogP contribution is 2.45. The molecule has 4 N–H and O–H groups in total. The Balaban J connectivity index is 1.73. The van der Waals surface area contributed by atoms with E-state index in [1.165, 1.54) is 6.26 Å². The zero-order chi connectivity index (χ0) is 21.3. The van der Waals surface area contributed by atoms with Gasteiger partial charge in [0.25, 0.3) is 0 Å². The van der Waals surface area contributed by atoms with Gasteiger partial charge in [-0.1, -0.05) is 6.07 Å². The minimum absolute atomic E-state index is 0.341. The lowest BCUT2D eigenvalue weighted by Gasteiger charge is -2.12. The second kappa shape index (κ2) is 8.33. The standard InChI is InChI=1S/C21H27N5O3S/c1-13-11-15(5-6-17(13)30(2,27)28)19-18-20(14-3-4-14)25-26-21(18)16(12-24-19)23-8-10-29-9-7-22/h5-6,11-12,14,23H,3-4,7-10,22H2,1-2H3,(H,25,26). The first-order valence-electron chi connectivity index (χ1n) is 10.1. The smallest absolute Gasteiger partial charge is 0.175 e. The van der Waals surface area contributed by atoms with E-state index in [0.717, 1.165) is 46.4 Å². The van der Waals surface area contributed by atoms with Crippen LogP contribution in [0.25, 0.3) is 22.2 Å². The summed E-state index contributed by atoms with van der Waals surface area (Å²) in [7, 11) is -3.27. The summed E-state index contributed by atoms with van der Waals surface area (Å²) in [5.74, 6) is 0.443. The van der Waals surface area contributed by atoms with Crippen LogP contribution >= 0.6 is 0 Å². The van der Waals surface area contributed by atoms with Crippen molar-refractivity contribution in [2.45, 2.75) is 30.6 Å². The minimum Gasteiger partial charge on any atom is -0.380 e. The Morgan fingerprint density at radius 2 is 2.10 bits per heavy atom. The van der Waals surface area contributed by atoms with E-state index >= 15 is 0 Å². The van der Waals surface area contributed by atoms with Crippen LogP contribution < -0.4 is 11.1 Å². The lowest BCUT2D eigenvalue weighted by molar-refractivity contribution is 0.151. The van der Waals surface area contributed by atoms with E-state index in [4.69, 9.17) is 15.5 Å². The number of fused-ring (bicyclic) bond motifs is 1. The van der Waals surface area contributed by atoms with Gasteiger partial charge in [-0.25, -0.2) is 8.42 Å². The van der Waals surface area contributed by atoms with Gasteiger partial charge in [0.15, 0.2) is 9.84 Å². The average molecular weight is 430 g/mol. The Labute approximate surface area is 176 Å². The van der Waals surface area contributed by atoms with Crippen molar-refractivity contribution in [3.63, 3.8) is 0 Å². The molecule has 1 fully saturated rings. The van der Waals surface area contributed by atoms with Crippen LogP contribution in [-0.2, 0) is 14.6 Å². The number of hydrogen-bond acceptors (Lipinski definition) is 7. The molecule has 0 radical (unpaired) electrons. The molecule has 1 aliphatic carbocycles. The van der Waals surface area contributed by atoms with E-state index in [-0.39, 0.29) is 0 Å². The molecule has 1 saturated carbocycles. The number of nitrogens with two attached hydrogens (primary N) is 1. The fraction of sp³-hybridized carbons (Fsp3) is 0.429. The van der Waals surface area contributed by atoms with E-state index in [2.05, 4.69) is 15.5 Å². The average Bonchev–Trinajstić information content (AvgIpc) is 3.45. The molecule has 2 heterocycles. The lowest BCUT2D eigenvalue weighted by Crippen LogP contribution is -2.14. The zero-order valence-corrected chi connectivity index (χ0v) is 18.1. The van der Waals surface area contributed by atoms with Crippen LogP contribution in [0.3, 0.4) is 0 Å². The molecule has 0 bridgehead atoms. The molecule has 30 heavy (non-hydrogen) atoms. The maximum absolute atomic E-state index is 12.0. The first-order chi connectivity index (χ1) is 14.4. The van der Waals surface area contributed by atoms with Crippen molar-refractivity contribution in [1.29, 1.82) is 0 Å². The Bertz CT molecular complexity index is 1170. The topological polar surface area (TPSA) is 123 Å². The van der Waals surface area contributed by atoms with Crippen LogP contribution in [0.4, 0.5) is 5.69 Å². The van der Waals surface area contributed by atoms with Gasteiger partial charge in [0.05, 0.1) is 52.3 Å². The van der Waals surface area contributed by atoms with Crippen molar-refractivity contribution in [2.75, 3.05) is 37.9 Å². The maximum atomic E-state index is 12.0. The number of ether oxygens (including phenoxy) is 1. The van der Waals surface area contributed by atoms with Crippen molar-refractivity contribution in [1.82, 2.24) is 15.2 Å². The van der Waals surface area contributed by atoms with E-state index in [9.17, 15) is 8.42 Å². The molecule has 1 aromatic carbocycles. The third-order valence-corrected chi connectivity index (χ3v) is 6.52. The van der Waals surface area contributed by atoms with Gasteiger partial charge in [-0.05, 0) is 37.5 Å². The second-order valence-corrected chi connectivity index (χ2v) is 9.72. The van der Waals surface area contributed by atoms with Crippen LogP contribution in [0.15, 0.2) is 29.3 Å². The van der Waals surface area contributed by atoms with Crippen molar-refractivity contribution in [3.8, 4) is 11.3 Å². The number of nitrogens with zero attached hydrogens (tertiary/aromatic N) is 2. The van der Waals surface area contributed by atoms with Gasteiger partial charge < -0.3 is 15.8 Å². The summed E-state index contributed by atoms with van der Waals surface area (Å²) in [6, 6.07) is 5.36. The molecule has 0 amide bonds. The molecule has 3 aromatic rings. The summed E-state index contributed by atoms with van der Waals surface area (Å²) < 4.78 is 29.4. The molecular weight excluding hydrogens is 402 g/mol. The molecule has 0 atom stereocenters. The van der Waals surface area contributed by atoms with Crippen molar-refractivity contribution in [2.24, 2.45) is 5.73 Å². The number of rotatable bonds is 9. The fourth-order valence-electron chi connectivity index (χ4n) is 3.71. The number of anilines is 1. The van der Waals surface area contributed by atoms with Gasteiger partial charge in [-0.3, -0.25) is 10.1 Å². The molecule has 2 aromatic heterocycles. The molecule has 8 nitrogen and oxygen atoms in total. The minimum atomic E-state index is -3.27. The molecule has 0 aliphatic heterocycles. The summed E-state index contributed by atoms with van der Waals surface area (Å²) >= 11 is 0. The predicted octanol–water partition coefficient (Wildman–Crippen LogP) is 2.60. The van der Waals surface area contributed by atoms with E-state index in [0.29, 0.717) is 42.7 Å². The summed E-state index contributed by atoms with van der Waals surface area (Å²) in [5.41, 5.74) is 10.7. The van der Waals surface area contributed by atoms with E-state index in [1.54, 1.807) is 12.3 Å². The van der Waals surface area contributed by atoms with Crippen LogP contribution in [0.2, 0.25) is 0 Å². The Morgan fingerprint density at radius 3 is 2.77 bits per heavy atom. The van der Waals surface area contributed by atoms with Crippen molar-refractivity contribution in [3.05, 3.63) is 35.7 Å². The van der Waals surface area contributed by atoms with Gasteiger partial charge in [-0.15, -0.1) is 0 Å². The molecule has 0 saturated heterocycles. The highest BCUT2D eigenvalue weighted by Gasteiger charge is 2.30. The zero-order valence-electron chi connectivity index (χ0n) is 17.2. The van der Waals surface area contributed by atoms with Crippen LogP contribution in [0, 0.1) is 6.92 Å². The van der Waals surface area contributed by atoms with Gasteiger partial charge in [0.1, 0.15) is 0 Å². The number of sulfone groups is 1. The molecule has 9 heteroatoms. The SMILES string of the molecule is Cc1cc(-c2ncc(NCCOCCN)c3[nH]nc(C4CC4)c23)ccc1S(C)(=O)=O. The molecule has 1 aliphatic rings. The highest BCUT2D eigenvalue weighted by atomic mass is 32.2. The quantitative estimate of drug-likeness (QED) is 0.447. The van der Waals surface area contributed by atoms with Crippen molar-refractivity contribution < 1.29 is 13.2 Å². The summed E-state index contributed by atoms with van der Waals surface area (Å²) in [6.07, 6.45) is 5.26. The lowest BCUT2D eigenvalue weighted by atomic mass is 10.0. The van der Waals surface area contributed by atoms with Crippen LogP contribution in [0.1, 0.15) is 30.0 Å². The Hall–Kier alpha value is -2.49. The number of benzene rings is 1. The normalized spacial score (nSPS) is 14.4. The number of hydrogen-bond donors (Lipinski definition) is 3. The van der Waals surface area contributed by atoms with Gasteiger partial charge in [0.2, 0.25) is 0 Å². The predicted molar refractivity (Wildman–Crippen MR) is 118 cm³/mol. The Kier molecular flexibility index (Phi) is 5.77. The number of aromatic amines is 1. The molecule has 4 rings (SSSR count). The monoisotopic (exact) mass is 429 g/mol. The van der Waals surface area contributed by atoms with E-state index in [1.807, 2.05) is 19.1 Å². The van der Waals surface area contributed by atoms with Crippen LogP contribution in [-0.4, -0.2) is 56.2 Å². The number of aromatic nitrogens is 3. The first-order valence-corrected chi connectivity index (χ1v) is 12.0. The molecule has 0 spiro atoms. The molecule has 0 unspecified atom stereocenters. The highest BCUT2D eigenvalue weighted by molar-refractivity contribution is 7.90. The first kappa shape index (κ1) is 20.8. The summed E-state index contributed by atoms with van der Waals surface area (Å²) in [4.78, 5) is 5.08. The molecular formula is C21H27N5O3S. The number of H-pyrrole nitrogens is 1. The largest absolute Gasteiger partial charge is 0.380 e. The van der Waals surface area contributed by atoms with Gasteiger partial charge >= 0.3 is 0 Å². The summed E-state index contributed by atoms with van der Waals surface area (Å²) in [5, 5.41) is 12.1. The van der Waals surface area contributed by atoms with Gasteiger partial charge in [0, 0.05) is 30.8 Å². The van der Waals surface area contributed by atoms with Crippen molar-refractivity contribution >= 4 is 26.4 Å². The molecule has 160 valence electrons. The third kappa shape index (κ3) is 4.19. The maximum Gasteiger partial charge on any atom is 0.175 e. The summed E-state index contributed by atoms with van der Waals surface area (Å²) in [6.45, 7) is 4.04.